The van der Waals surface area contributed by atoms with Gasteiger partial charge in [-0.15, -0.1) is 0 Å². The van der Waals surface area contributed by atoms with Crippen molar-refractivity contribution in [2.45, 2.75) is 19.4 Å². The van der Waals surface area contributed by atoms with Gasteiger partial charge in [0, 0.05) is 41.5 Å². The maximum atomic E-state index is 9.48. The number of aliphatic hydroxyl groups is 1. The molecule has 3 heteroatoms. The Morgan fingerprint density at radius 1 is 1.58 bits per heavy atom. The zero-order valence-corrected chi connectivity index (χ0v) is 9.06. The number of rotatable bonds is 2. The second kappa shape index (κ2) is 3.78. The molecule has 0 aromatic heterocycles. The molecule has 0 amide bonds. The fraction of sp³-hybridized carbons (Fsp3) is 0.778. The molecule has 1 fully saturated rings. The average molecular weight is 232 g/mol. The van der Waals surface area contributed by atoms with E-state index in [1.807, 2.05) is 13.8 Å². The van der Waals surface area contributed by atoms with Crippen LogP contribution in [0.15, 0.2) is 0 Å². The van der Waals surface area contributed by atoms with Crippen molar-refractivity contribution in [1.82, 2.24) is 4.90 Å². The molecule has 68 valence electrons. The lowest BCUT2D eigenvalue weighted by Gasteiger charge is -2.39. The van der Waals surface area contributed by atoms with E-state index in [0.717, 1.165) is 19.6 Å². The number of halogens is 1. The molecule has 0 aliphatic carbocycles. The predicted octanol–water partition coefficient (Wildman–Crippen LogP) is 1.04. The van der Waals surface area contributed by atoms with Gasteiger partial charge in [-0.1, -0.05) is 5.92 Å². The van der Waals surface area contributed by atoms with Gasteiger partial charge in [0.2, 0.25) is 0 Å². The summed E-state index contributed by atoms with van der Waals surface area (Å²) in [6, 6.07) is 0. The van der Waals surface area contributed by atoms with Crippen molar-refractivity contribution >= 4 is 15.9 Å². The van der Waals surface area contributed by atoms with Crippen molar-refractivity contribution < 1.29 is 5.11 Å². The third-order valence-electron chi connectivity index (χ3n) is 1.83. The van der Waals surface area contributed by atoms with Gasteiger partial charge in [-0.2, -0.15) is 0 Å². The molecule has 0 spiro atoms. The van der Waals surface area contributed by atoms with Crippen LogP contribution in [0.3, 0.4) is 0 Å². The first-order chi connectivity index (χ1) is 5.51. The quantitative estimate of drug-likeness (QED) is 0.719. The van der Waals surface area contributed by atoms with Gasteiger partial charge in [0.1, 0.15) is 0 Å². The van der Waals surface area contributed by atoms with Crippen LogP contribution in [0.5, 0.6) is 0 Å². The van der Waals surface area contributed by atoms with Crippen LogP contribution in [0.1, 0.15) is 13.8 Å². The van der Waals surface area contributed by atoms with Crippen molar-refractivity contribution in [3.05, 3.63) is 0 Å². The van der Waals surface area contributed by atoms with Gasteiger partial charge in [0.25, 0.3) is 0 Å². The van der Waals surface area contributed by atoms with E-state index < -0.39 is 5.60 Å². The molecule has 12 heavy (non-hydrogen) atoms. The number of hydrogen-bond acceptors (Lipinski definition) is 2. The third kappa shape index (κ3) is 3.14. The van der Waals surface area contributed by atoms with E-state index in [4.69, 9.17) is 0 Å². The maximum Gasteiger partial charge on any atom is 0.0718 e. The fourth-order valence-corrected chi connectivity index (χ4v) is 1.74. The Morgan fingerprint density at radius 3 is 2.58 bits per heavy atom. The molecule has 0 aromatic rings. The van der Waals surface area contributed by atoms with Crippen LogP contribution in [-0.2, 0) is 0 Å². The molecule has 1 saturated heterocycles. The molecule has 0 bridgehead atoms. The standard InChI is InChI=1S/C9H14BrNO/c1-9(2,12)7-11-5-8(6-11)3-4-10/h8,12H,5-7H2,1-2H3. The Morgan fingerprint density at radius 2 is 2.17 bits per heavy atom. The average Bonchev–Trinajstić information content (AvgIpc) is 1.80. The molecule has 0 atom stereocenters. The van der Waals surface area contributed by atoms with Crippen LogP contribution < -0.4 is 0 Å². The number of hydrogen-bond donors (Lipinski definition) is 1. The Kier molecular flexibility index (Phi) is 3.16. The molecule has 2 nitrogen and oxygen atoms in total. The molecule has 1 aliphatic heterocycles. The molecular formula is C9H14BrNO. The molecule has 0 aromatic carbocycles. The summed E-state index contributed by atoms with van der Waals surface area (Å²) in [5, 5.41) is 9.48. The SMILES string of the molecule is CC(C)(O)CN1CC(C#CBr)C1. The smallest absolute Gasteiger partial charge is 0.0718 e. The van der Waals surface area contributed by atoms with E-state index in [1.165, 1.54) is 0 Å². The Hall–Kier alpha value is -0.0400. The van der Waals surface area contributed by atoms with Gasteiger partial charge < -0.3 is 5.11 Å². The van der Waals surface area contributed by atoms with Gasteiger partial charge in [-0.05, 0) is 18.7 Å². The van der Waals surface area contributed by atoms with E-state index in [-0.39, 0.29) is 0 Å². The van der Waals surface area contributed by atoms with Gasteiger partial charge in [0.05, 0.1) is 5.60 Å². The minimum Gasteiger partial charge on any atom is -0.389 e. The lowest BCUT2D eigenvalue weighted by atomic mass is 9.98. The summed E-state index contributed by atoms with van der Waals surface area (Å²) in [7, 11) is 0. The van der Waals surface area contributed by atoms with Crippen LogP contribution in [0.4, 0.5) is 0 Å². The summed E-state index contributed by atoms with van der Waals surface area (Å²) in [6.07, 6.45) is 0. The van der Waals surface area contributed by atoms with Gasteiger partial charge >= 0.3 is 0 Å². The summed E-state index contributed by atoms with van der Waals surface area (Å²) in [5.74, 6) is 3.53. The van der Waals surface area contributed by atoms with Gasteiger partial charge in [-0.25, -0.2) is 0 Å². The first kappa shape index (κ1) is 10.0. The molecule has 1 heterocycles. The maximum absolute atomic E-state index is 9.48. The van der Waals surface area contributed by atoms with Crippen molar-refractivity contribution in [3.63, 3.8) is 0 Å². The third-order valence-corrected chi connectivity index (χ3v) is 2.06. The molecule has 1 N–H and O–H groups in total. The highest BCUT2D eigenvalue weighted by molar-refractivity contribution is 9.12. The Bertz CT molecular complexity index is 205. The summed E-state index contributed by atoms with van der Waals surface area (Å²) in [4.78, 5) is 4.94. The zero-order valence-electron chi connectivity index (χ0n) is 7.47. The second-order valence-electron chi connectivity index (χ2n) is 3.94. The van der Waals surface area contributed by atoms with Crippen molar-refractivity contribution in [1.29, 1.82) is 0 Å². The summed E-state index contributed by atoms with van der Waals surface area (Å²) in [5.41, 5.74) is -0.577. The molecule has 0 radical (unpaired) electrons. The van der Waals surface area contributed by atoms with Gasteiger partial charge in [-0.3, -0.25) is 4.90 Å². The number of likely N-dealkylation sites (tertiary alicyclic amines) is 1. The summed E-state index contributed by atoms with van der Waals surface area (Å²) < 4.78 is 0. The summed E-state index contributed by atoms with van der Waals surface area (Å²) >= 11 is 3.08. The lowest BCUT2D eigenvalue weighted by molar-refractivity contribution is 0.00358. The summed E-state index contributed by atoms with van der Waals surface area (Å²) in [6.45, 7) is 6.38. The normalized spacial score (nSPS) is 19.7. The van der Waals surface area contributed by atoms with E-state index in [0.29, 0.717) is 5.92 Å². The monoisotopic (exact) mass is 231 g/mol. The molecule has 0 unspecified atom stereocenters. The first-order valence-corrected chi connectivity index (χ1v) is 4.86. The van der Waals surface area contributed by atoms with Gasteiger partial charge in [0.15, 0.2) is 0 Å². The first-order valence-electron chi connectivity index (χ1n) is 4.07. The van der Waals surface area contributed by atoms with Crippen molar-refractivity contribution in [2.24, 2.45) is 5.92 Å². The minimum absolute atomic E-state index is 0.492. The Balaban J connectivity index is 2.21. The van der Waals surface area contributed by atoms with Crippen LogP contribution in [0, 0.1) is 16.7 Å². The fourth-order valence-electron chi connectivity index (χ4n) is 1.41. The van der Waals surface area contributed by atoms with E-state index in [9.17, 15) is 5.11 Å². The van der Waals surface area contributed by atoms with Crippen molar-refractivity contribution in [3.8, 4) is 10.8 Å². The molecule has 0 saturated carbocycles. The molecule has 1 rings (SSSR count). The molecular weight excluding hydrogens is 218 g/mol. The highest BCUT2D eigenvalue weighted by atomic mass is 79.9. The largest absolute Gasteiger partial charge is 0.389 e. The second-order valence-corrected chi connectivity index (χ2v) is 4.34. The minimum atomic E-state index is -0.577. The predicted molar refractivity (Wildman–Crippen MR) is 52.9 cm³/mol. The van der Waals surface area contributed by atoms with E-state index in [1.54, 1.807) is 0 Å². The zero-order chi connectivity index (χ0) is 9.19. The number of nitrogens with zero attached hydrogens (tertiary/aromatic N) is 1. The number of β-amino-alcohol motifs (C(OH)–C–C–N with tert-alkyl or cyclic N) is 1. The highest BCUT2D eigenvalue weighted by Gasteiger charge is 2.28. The highest BCUT2D eigenvalue weighted by Crippen LogP contribution is 2.17. The van der Waals surface area contributed by atoms with E-state index in [2.05, 4.69) is 31.6 Å². The van der Waals surface area contributed by atoms with Crippen LogP contribution in [0.2, 0.25) is 0 Å². The van der Waals surface area contributed by atoms with Crippen LogP contribution >= 0.6 is 15.9 Å². The van der Waals surface area contributed by atoms with Crippen LogP contribution in [-0.4, -0.2) is 35.2 Å². The lowest BCUT2D eigenvalue weighted by Crippen LogP contribution is -2.51. The topological polar surface area (TPSA) is 23.5 Å². The van der Waals surface area contributed by atoms with Crippen LogP contribution in [0.25, 0.3) is 0 Å². The van der Waals surface area contributed by atoms with Crippen molar-refractivity contribution in [2.75, 3.05) is 19.6 Å². The van der Waals surface area contributed by atoms with E-state index >= 15 is 0 Å². The molecule has 1 aliphatic rings. The Labute approximate surface area is 82.1 Å².